The Balaban J connectivity index is 2.31. The van der Waals surface area contributed by atoms with E-state index in [0.29, 0.717) is 0 Å². The van der Waals surface area contributed by atoms with E-state index in [1.54, 1.807) is 0 Å². The Morgan fingerprint density at radius 1 is 0.812 bits per heavy atom. The molecule has 0 heterocycles. The molecule has 0 atom stereocenters. The molecular formula is C14H16OSi. The summed E-state index contributed by atoms with van der Waals surface area (Å²) in [6.07, 6.45) is 0.110. The molecule has 0 fully saturated rings. The predicted octanol–water partition coefficient (Wildman–Crippen LogP) is 2.92. The van der Waals surface area contributed by atoms with Gasteiger partial charge in [-0.05, 0) is 11.1 Å². The maximum atomic E-state index is 5.95. The summed E-state index contributed by atoms with van der Waals surface area (Å²) < 4.78 is 5.95. The molecule has 82 valence electrons. The van der Waals surface area contributed by atoms with Gasteiger partial charge in [0.15, 0.2) is 9.76 Å². The van der Waals surface area contributed by atoms with Crippen molar-refractivity contribution in [3.05, 3.63) is 71.8 Å². The zero-order valence-electron chi connectivity index (χ0n) is 9.47. The van der Waals surface area contributed by atoms with Gasteiger partial charge in [0, 0.05) is 0 Å². The highest BCUT2D eigenvalue weighted by Crippen LogP contribution is 2.24. The van der Waals surface area contributed by atoms with Gasteiger partial charge in [0.1, 0.15) is 0 Å². The maximum absolute atomic E-state index is 5.95. The van der Waals surface area contributed by atoms with Crippen LogP contribution in [0, 0.1) is 0 Å². The van der Waals surface area contributed by atoms with E-state index >= 15 is 0 Å². The van der Waals surface area contributed by atoms with Gasteiger partial charge in [-0.1, -0.05) is 67.2 Å². The van der Waals surface area contributed by atoms with Crippen molar-refractivity contribution < 1.29 is 4.43 Å². The third-order valence-electron chi connectivity index (χ3n) is 2.54. The van der Waals surface area contributed by atoms with Crippen LogP contribution in [-0.4, -0.2) is 9.76 Å². The van der Waals surface area contributed by atoms with Gasteiger partial charge in [0.25, 0.3) is 0 Å². The highest BCUT2D eigenvalue weighted by Gasteiger charge is 2.12. The average Bonchev–Trinajstić information content (AvgIpc) is 2.38. The number of hydrogen-bond donors (Lipinski definition) is 0. The minimum absolute atomic E-state index is 0.110. The first-order chi connectivity index (χ1) is 7.92. The lowest BCUT2D eigenvalue weighted by Crippen LogP contribution is -2.07. The summed E-state index contributed by atoms with van der Waals surface area (Å²) in [5.74, 6) is 0. The molecule has 0 aliphatic carbocycles. The maximum Gasteiger partial charge on any atom is 0.159 e. The van der Waals surface area contributed by atoms with Crippen LogP contribution in [0.5, 0.6) is 0 Å². The smallest absolute Gasteiger partial charge is 0.159 e. The van der Waals surface area contributed by atoms with Crippen molar-refractivity contribution >= 4 is 9.76 Å². The highest BCUT2D eigenvalue weighted by atomic mass is 28.2. The van der Waals surface area contributed by atoms with Gasteiger partial charge in [0.05, 0.1) is 6.10 Å². The van der Waals surface area contributed by atoms with Crippen LogP contribution in [0.25, 0.3) is 0 Å². The van der Waals surface area contributed by atoms with Crippen molar-refractivity contribution in [2.75, 3.05) is 0 Å². The molecule has 0 saturated heterocycles. The Morgan fingerprint density at radius 2 is 1.25 bits per heavy atom. The van der Waals surface area contributed by atoms with Gasteiger partial charge in [-0.25, -0.2) is 0 Å². The van der Waals surface area contributed by atoms with Crippen LogP contribution in [0.4, 0.5) is 0 Å². The first kappa shape index (κ1) is 11.1. The zero-order chi connectivity index (χ0) is 11.2. The SMILES string of the molecule is C[SiH2]OC(c1ccccc1)c1ccccc1. The van der Waals surface area contributed by atoms with Crippen molar-refractivity contribution in [1.29, 1.82) is 0 Å². The molecule has 0 aromatic heterocycles. The van der Waals surface area contributed by atoms with E-state index in [1.165, 1.54) is 11.1 Å². The van der Waals surface area contributed by atoms with Crippen molar-refractivity contribution in [2.45, 2.75) is 12.7 Å². The predicted molar refractivity (Wildman–Crippen MR) is 70.2 cm³/mol. The molecule has 0 bridgehead atoms. The van der Waals surface area contributed by atoms with E-state index in [0.717, 1.165) is 0 Å². The average molecular weight is 228 g/mol. The summed E-state index contributed by atoms with van der Waals surface area (Å²) in [4.78, 5) is 0. The molecule has 16 heavy (non-hydrogen) atoms. The third-order valence-corrected chi connectivity index (χ3v) is 3.20. The standard InChI is InChI=1S/C14H16OSi/c1-16-15-14(12-8-4-2-5-9-12)13-10-6-3-7-11-13/h2-11,14H,16H2,1H3. The van der Waals surface area contributed by atoms with Gasteiger partial charge in [-0.15, -0.1) is 0 Å². The lowest BCUT2D eigenvalue weighted by molar-refractivity contribution is 0.263. The molecule has 0 N–H and O–H groups in total. The second kappa shape index (κ2) is 5.63. The highest BCUT2D eigenvalue weighted by molar-refractivity contribution is 6.24. The Kier molecular flexibility index (Phi) is 3.91. The summed E-state index contributed by atoms with van der Waals surface area (Å²) in [5, 5.41) is 0. The van der Waals surface area contributed by atoms with Gasteiger partial charge in [0.2, 0.25) is 0 Å². The van der Waals surface area contributed by atoms with E-state index in [-0.39, 0.29) is 6.10 Å². The normalized spacial score (nSPS) is 11.4. The Bertz CT molecular complexity index is 374. The largest absolute Gasteiger partial charge is 0.413 e. The lowest BCUT2D eigenvalue weighted by Gasteiger charge is -2.18. The summed E-state index contributed by atoms with van der Waals surface area (Å²) >= 11 is 0. The second-order valence-electron chi connectivity index (χ2n) is 3.66. The lowest BCUT2D eigenvalue weighted by atomic mass is 10.0. The quantitative estimate of drug-likeness (QED) is 0.731. The molecule has 0 aliphatic heterocycles. The van der Waals surface area contributed by atoms with E-state index in [1.807, 2.05) is 12.1 Å². The molecule has 0 unspecified atom stereocenters. The summed E-state index contributed by atoms with van der Waals surface area (Å²) in [5.41, 5.74) is 2.48. The summed E-state index contributed by atoms with van der Waals surface area (Å²) in [7, 11) is -0.421. The minimum atomic E-state index is -0.421. The van der Waals surface area contributed by atoms with Crippen LogP contribution in [0.2, 0.25) is 6.55 Å². The molecule has 0 saturated carbocycles. The molecular weight excluding hydrogens is 212 g/mol. The number of hydrogen-bond acceptors (Lipinski definition) is 1. The molecule has 2 rings (SSSR count). The topological polar surface area (TPSA) is 9.23 Å². The zero-order valence-corrected chi connectivity index (χ0v) is 10.9. The molecule has 0 spiro atoms. The molecule has 1 nitrogen and oxygen atoms in total. The van der Waals surface area contributed by atoms with Crippen molar-refractivity contribution in [1.82, 2.24) is 0 Å². The van der Waals surface area contributed by atoms with Crippen LogP contribution in [-0.2, 0) is 4.43 Å². The van der Waals surface area contributed by atoms with Gasteiger partial charge in [-0.2, -0.15) is 0 Å². The second-order valence-corrected chi connectivity index (χ2v) is 4.57. The van der Waals surface area contributed by atoms with Crippen LogP contribution in [0.3, 0.4) is 0 Å². The van der Waals surface area contributed by atoms with Crippen LogP contribution < -0.4 is 0 Å². The summed E-state index contributed by atoms with van der Waals surface area (Å²) in [6, 6.07) is 20.8. The van der Waals surface area contributed by atoms with E-state index in [4.69, 9.17) is 4.43 Å². The van der Waals surface area contributed by atoms with E-state index < -0.39 is 9.76 Å². The molecule has 0 radical (unpaired) electrons. The first-order valence-corrected chi connectivity index (χ1v) is 7.62. The Labute approximate surface area is 99.0 Å². The fourth-order valence-electron chi connectivity index (χ4n) is 1.81. The van der Waals surface area contributed by atoms with Gasteiger partial charge < -0.3 is 4.43 Å². The Morgan fingerprint density at radius 3 is 1.62 bits per heavy atom. The fourth-order valence-corrected chi connectivity index (χ4v) is 2.53. The molecule has 2 aromatic rings. The van der Waals surface area contributed by atoms with Crippen LogP contribution in [0.1, 0.15) is 17.2 Å². The van der Waals surface area contributed by atoms with E-state index in [2.05, 4.69) is 55.1 Å². The fraction of sp³-hybridized carbons (Fsp3) is 0.143. The Hall–Kier alpha value is -1.38. The van der Waals surface area contributed by atoms with Crippen LogP contribution in [0.15, 0.2) is 60.7 Å². The monoisotopic (exact) mass is 228 g/mol. The summed E-state index contributed by atoms with van der Waals surface area (Å²) in [6.45, 7) is 2.17. The minimum Gasteiger partial charge on any atom is -0.413 e. The molecule has 0 amide bonds. The number of rotatable bonds is 4. The van der Waals surface area contributed by atoms with Crippen LogP contribution >= 0.6 is 0 Å². The van der Waals surface area contributed by atoms with Gasteiger partial charge >= 0.3 is 0 Å². The third kappa shape index (κ3) is 2.59. The van der Waals surface area contributed by atoms with E-state index in [9.17, 15) is 0 Å². The first-order valence-electron chi connectivity index (χ1n) is 5.63. The van der Waals surface area contributed by atoms with Gasteiger partial charge in [-0.3, -0.25) is 0 Å². The molecule has 2 aromatic carbocycles. The van der Waals surface area contributed by atoms with Crippen molar-refractivity contribution in [2.24, 2.45) is 0 Å². The molecule has 2 heteroatoms. The number of benzene rings is 2. The molecule has 0 aliphatic rings. The van der Waals surface area contributed by atoms with Crippen molar-refractivity contribution in [3.63, 3.8) is 0 Å². The van der Waals surface area contributed by atoms with Crippen molar-refractivity contribution in [3.8, 4) is 0 Å².